The first-order chi connectivity index (χ1) is 12.0. The maximum Gasteiger partial charge on any atom is 0.278 e. The zero-order valence-electron chi connectivity index (χ0n) is 13.9. The molecule has 140 valence electrons. The van der Waals surface area contributed by atoms with E-state index in [2.05, 4.69) is 10.3 Å². The van der Waals surface area contributed by atoms with Gasteiger partial charge in [-0.3, -0.25) is 15.1 Å². The summed E-state index contributed by atoms with van der Waals surface area (Å²) in [5, 5.41) is 14.9. The summed E-state index contributed by atoms with van der Waals surface area (Å²) in [7, 11) is -3.77. The number of non-ortho nitro benzene ring substituents is 1. The second-order valence-corrected chi connectivity index (χ2v) is 8.44. The van der Waals surface area contributed by atoms with Crippen molar-refractivity contribution in [2.24, 2.45) is 0 Å². The standard InChI is InChI=1S/C16H18N4O4S.ClH/c21-20(22)14-5-6-15(16-13(14)2-1-8-17-16)25(23,24)19-9-7-11-3-4-12(10-19)18-11;/h1-2,5-6,8,11-12,18H,3-4,7,9-10H2;1H. The van der Waals surface area contributed by atoms with E-state index >= 15 is 0 Å². The number of nitro groups is 1. The molecule has 2 aromatic rings. The van der Waals surface area contributed by atoms with Crippen LogP contribution in [0.2, 0.25) is 0 Å². The van der Waals surface area contributed by atoms with Crippen molar-refractivity contribution in [2.75, 3.05) is 13.1 Å². The highest BCUT2D eigenvalue weighted by atomic mass is 35.5. The zero-order chi connectivity index (χ0) is 17.6. The third-order valence-electron chi connectivity index (χ3n) is 5.01. The normalized spacial score (nSPS) is 23.4. The highest BCUT2D eigenvalue weighted by Crippen LogP contribution is 2.32. The van der Waals surface area contributed by atoms with Crippen molar-refractivity contribution >= 4 is 39.0 Å². The molecule has 2 fully saturated rings. The Bertz CT molecular complexity index is 952. The quantitative estimate of drug-likeness (QED) is 0.626. The summed E-state index contributed by atoms with van der Waals surface area (Å²) in [5.41, 5.74) is 0.0118. The minimum absolute atomic E-state index is 0. The van der Waals surface area contributed by atoms with Crippen molar-refractivity contribution in [3.05, 3.63) is 40.6 Å². The molecular weight excluding hydrogens is 380 g/mol. The lowest BCUT2D eigenvalue weighted by atomic mass is 10.1. The number of nitrogens with one attached hydrogen (secondary N) is 1. The third kappa shape index (κ3) is 3.16. The minimum Gasteiger partial charge on any atom is -0.310 e. The Morgan fingerprint density at radius 3 is 2.73 bits per heavy atom. The van der Waals surface area contributed by atoms with E-state index in [9.17, 15) is 18.5 Å². The molecule has 2 unspecified atom stereocenters. The number of nitro benzene ring substituents is 1. The lowest BCUT2D eigenvalue weighted by molar-refractivity contribution is -0.383. The molecule has 0 aliphatic carbocycles. The zero-order valence-corrected chi connectivity index (χ0v) is 15.5. The Balaban J connectivity index is 0.00000196. The SMILES string of the molecule is Cl.O=[N+]([O-])c1ccc(S(=O)(=O)N2CCC3CCC(C2)N3)c2ncccc12. The second kappa shape index (κ2) is 7.07. The lowest BCUT2D eigenvalue weighted by Crippen LogP contribution is -2.39. The number of aromatic nitrogens is 1. The van der Waals surface area contributed by atoms with Gasteiger partial charge >= 0.3 is 0 Å². The van der Waals surface area contributed by atoms with Gasteiger partial charge in [0.1, 0.15) is 4.90 Å². The summed E-state index contributed by atoms with van der Waals surface area (Å²) in [6, 6.07) is 6.20. The molecule has 3 heterocycles. The van der Waals surface area contributed by atoms with E-state index in [0.717, 1.165) is 19.3 Å². The number of hydrogen-bond donors (Lipinski definition) is 1. The number of sulfonamides is 1. The van der Waals surface area contributed by atoms with Crippen LogP contribution in [0.25, 0.3) is 10.9 Å². The number of pyridine rings is 1. The van der Waals surface area contributed by atoms with Gasteiger partial charge in [0.25, 0.3) is 5.69 Å². The van der Waals surface area contributed by atoms with Crippen LogP contribution in [-0.4, -0.2) is 47.8 Å². The molecule has 2 aliphatic heterocycles. The van der Waals surface area contributed by atoms with Crippen molar-refractivity contribution < 1.29 is 13.3 Å². The van der Waals surface area contributed by atoms with E-state index in [0.29, 0.717) is 19.1 Å². The Hall–Kier alpha value is -1.81. The summed E-state index contributed by atoms with van der Waals surface area (Å²) >= 11 is 0. The average Bonchev–Trinajstić information content (AvgIpc) is 2.91. The average molecular weight is 399 g/mol. The molecule has 2 bridgehead atoms. The number of rotatable bonds is 3. The van der Waals surface area contributed by atoms with Crippen molar-refractivity contribution in [3.63, 3.8) is 0 Å². The van der Waals surface area contributed by atoms with E-state index in [4.69, 9.17) is 0 Å². The summed E-state index contributed by atoms with van der Waals surface area (Å²) < 4.78 is 27.9. The summed E-state index contributed by atoms with van der Waals surface area (Å²) in [4.78, 5) is 14.9. The fourth-order valence-electron chi connectivity index (χ4n) is 3.77. The number of halogens is 1. The monoisotopic (exact) mass is 398 g/mol. The molecule has 0 saturated carbocycles. The smallest absolute Gasteiger partial charge is 0.278 e. The fourth-order valence-corrected chi connectivity index (χ4v) is 5.41. The molecule has 0 radical (unpaired) electrons. The summed E-state index contributed by atoms with van der Waals surface area (Å²) in [6.45, 7) is 0.867. The van der Waals surface area contributed by atoms with Gasteiger partial charge in [0.2, 0.25) is 10.0 Å². The van der Waals surface area contributed by atoms with Crippen LogP contribution in [0.4, 0.5) is 5.69 Å². The molecule has 1 N–H and O–H groups in total. The largest absolute Gasteiger partial charge is 0.310 e. The number of nitrogens with zero attached hydrogens (tertiary/aromatic N) is 3. The molecule has 2 aliphatic rings. The molecule has 1 aromatic carbocycles. The molecule has 2 saturated heterocycles. The molecular formula is C16H19ClN4O4S. The van der Waals surface area contributed by atoms with E-state index < -0.39 is 14.9 Å². The van der Waals surface area contributed by atoms with Crippen LogP contribution in [0, 0.1) is 10.1 Å². The van der Waals surface area contributed by atoms with Crippen molar-refractivity contribution in [2.45, 2.75) is 36.2 Å². The van der Waals surface area contributed by atoms with E-state index in [-0.39, 0.29) is 39.9 Å². The molecule has 0 amide bonds. The maximum absolute atomic E-state index is 13.2. The molecule has 10 heteroatoms. The van der Waals surface area contributed by atoms with Crippen molar-refractivity contribution in [3.8, 4) is 0 Å². The molecule has 0 spiro atoms. The summed E-state index contributed by atoms with van der Waals surface area (Å²) in [5.74, 6) is 0. The highest BCUT2D eigenvalue weighted by Gasteiger charge is 2.36. The van der Waals surface area contributed by atoms with Gasteiger partial charge in [-0.1, -0.05) is 0 Å². The van der Waals surface area contributed by atoms with Crippen LogP contribution in [-0.2, 0) is 10.0 Å². The Labute approximate surface area is 157 Å². The van der Waals surface area contributed by atoms with Gasteiger partial charge in [-0.25, -0.2) is 8.42 Å². The van der Waals surface area contributed by atoms with E-state index in [1.807, 2.05) is 0 Å². The minimum atomic E-state index is -3.77. The van der Waals surface area contributed by atoms with Gasteiger partial charge in [-0.15, -0.1) is 12.4 Å². The number of fused-ring (bicyclic) bond motifs is 3. The van der Waals surface area contributed by atoms with Gasteiger partial charge in [-0.05, 0) is 37.5 Å². The molecule has 8 nitrogen and oxygen atoms in total. The first-order valence-electron chi connectivity index (χ1n) is 8.25. The highest BCUT2D eigenvalue weighted by molar-refractivity contribution is 7.89. The Kier molecular flexibility index (Phi) is 5.16. The predicted octanol–water partition coefficient (Wildman–Crippen LogP) is 2.08. The van der Waals surface area contributed by atoms with Crippen molar-refractivity contribution in [1.29, 1.82) is 0 Å². The summed E-state index contributed by atoms with van der Waals surface area (Å²) in [6.07, 6.45) is 4.28. The topological polar surface area (TPSA) is 105 Å². The van der Waals surface area contributed by atoms with Gasteiger partial charge < -0.3 is 5.32 Å². The molecule has 2 atom stereocenters. The molecule has 26 heavy (non-hydrogen) atoms. The lowest BCUT2D eigenvalue weighted by Gasteiger charge is -2.24. The van der Waals surface area contributed by atoms with E-state index in [1.54, 1.807) is 6.07 Å². The molecule has 4 rings (SSSR count). The van der Waals surface area contributed by atoms with Crippen LogP contribution in [0.1, 0.15) is 19.3 Å². The third-order valence-corrected chi connectivity index (χ3v) is 6.91. The van der Waals surface area contributed by atoms with Crippen LogP contribution in [0.15, 0.2) is 35.4 Å². The maximum atomic E-state index is 13.2. The van der Waals surface area contributed by atoms with Crippen LogP contribution in [0.5, 0.6) is 0 Å². The number of hydrogen-bond acceptors (Lipinski definition) is 6. The first-order valence-corrected chi connectivity index (χ1v) is 9.69. The predicted molar refractivity (Wildman–Crippen MR) is 99.0 cm³/mol. The van der Waals surface area contributed by atoms with Gasteiger partial charge in [0.15, 0.2) is 0 Å². The van der Waals surface area contributed by atoms with E-state index in [1.165, 1.54) is 28.7 Å². The fraction of sp³-hybridized carbons (Fsp3) is 0.438. The second-order valence-electron chi connectivity index (χ2n) is 6.53. The van der Waals surface area contributed by atoms with Gasteiger partial charge in [-0.2, -0.15) is 4.31 Å². The first kappa shape index (κ1) is 19.0. The Morgan fingerprint density at radius 1 is 1.19 bits per heavy atom. The molecule has 1 aromatic heterocycles. The van der Waals surface area contributed by atoms with Gasteiger partial charge in [0, 0.05) is 37.4 Å². The van der Waals surface area contributed by atoms with Crippen LogP contribution in [0.3, 0.4) is 0 Å². The Morgan fingerprint density at radius 2 is 1.96 bits per heavy atom. The van der Waals surface area contributed by atoms with Crippen LogP contribution >= 0.6 is 12.4 Å². The number of benzene rings is 1. The van der Waals surface area contributed by atoms with Crippen LogP contribution < -0.4 is 5.32 Å². The van der Waals surface area contributed by atoms with Gasteiger partial charge in [0.05, 0.1) is 15.8 Å². The van der Waals surface area contributed by atoms with Crippen molar-refractivity contribution in [1.82, 2.24) is 14.6 Å².